The van der Waals surface area contributed by atoms with Crippen LogP contribution in [0.5, 0.6) is 0 Å². The number of aromatic nitrogens is 1. The average molecular weight is 415 g/mol. The van der Waals surface area contributed by atoms with Gasteiger partial charge in [0.2, 0.25) is 0 Å². The van der Waals surface area contributed by atoms with Crippen molar-refractivity contribution in [3.8, 4) is 0 Å². The van der Waals surface area contributed by atoms with Gasteiger partial charge >= 0.3 is 0 Å². The van der Waals surface area contributed by atoms with E-state index in [1.165, 1.54) is 12.3 Å². The van der Waals surface area contributed by atoms with E-state index in [1.807, 2.05) is 13.0 Å². The zero-order valence-corrected chi connectivity index (χ0v) is 16.4. The Bertz CT molecular complexity index is 1170. The molecular formula is C21H19F2N3O2S. The lowest BCUT2D eigenvalue weighted by Crippen LogP contribution is -2.38. The number of H-pyrrole nitrogens is 1. The Balaban J connectivity index is 1.59. The maximum Gasteiger partial charge on any atom is 0.178 e. The van der Waals surface area contributed by atoms with Gasteiger partial charge in [0.15, 0.2) is 12.0 Å². The van der Waals surface area contributed by atoms with Gasteiger partial charge in [-0.25, -0.2) is 13.0 Å². The van der Waals surface area contributed by atoms with Gasteiger partial charge in [0.25, 0.3) is 0 Å². The maximum absolute atomic E-state index is 15.2. The number of carbonyl (C=O) groups is 1. The highest BCUT2D eigenvalue weighted by molar-refractivity contribution is 7.83. The molecule has 0 bridgehead atoms. The first-order valence-electron chi connectivity index (χ1n) is 9.18. The molecule has 150 valence electrons. The second-order valence-electron chi connectivity index (χ2n) is 6.94. The second kappa shape index (κ2) is 7.87. The summed E-state index contributed by atoms with van der Waals surface area (Å²) in [4.78, 5) is 20.6. The molecule has 0 amide bonds. The predicted molar refractivity (Wildman–Crippen MR) is 106 cm³/mol. The third-order valence-corrected chi connectivity index (χ3v) is 6.07. The molecule has 2 N–H and O–H groups in total. The fourth-order valence-electron chi connectivity index (χ4n) is 3.38. The van der Waals surface area contributed by atoms with Crippen LogP contribution in [0.15, 0.2) is 64.0 Å². The number of nitrogens with zero attached hydrogens (tertiary/aromatic N) is 1. The van der Waals surface area contributed by atoms with Crippen LogP contribution in [0.2, 0.25) is 0 Å². The molecule has 0 saturated heterocycles. The highest BCUT2D eigenvalue weighted by atomic mass is 32.2. The van der Waals surface area contributed by atoms with Crippen LogP contribution >= 0.6 is 0 Å². The molecule has 3 unspecified atom stereocenters. The first-order valence-corrected chi connectivity index (χ1v) is 10.3. The van der Waals surface area contributed by atoms with Crippen LogP contribution in [0.25, 0.3) is 6.08 Å². The number of allylic oxidation sites excluding steroid dienone is 4. The van der Waals surface area contributed by atoms with Crippen LogP contribution in [0, 0.1) is 12.8 Å². The standard InChI is InChI=1S/C21H19F2N3O2S/c1-12-4-6-13(7-5-12)29(28)26-17-9-8-16(22)18(19(17)23)20(27)15-11-25-21-14(15)3-2-10-24-21/h3-9,11,18-19,26H,2,10H2,1H3,(H,24,25). The average Bonchev–Trinajstić information content (AvgIpc) is 3.15. The van der Waals surface area contributed by atoms with Crippen molar-refractivity contribution in [1.29, 1.82) is 0 Å². The third-order valence-electron chi connectivity index (χ3n) is 4.95. The molecule has 2 aliphatic rings. The normalized spacial score (nSPS) is 21.8. The van der Waals surface area contributed by atoms with Crippen LogP contribution in [-0.2, 0) is 11.0 Å². The number of hydrogen-bond donors (Lipinski definition) is 2. The van der Waals surface area contributed by atoms with E-state index >= 15 is 4.39 Å². The van der Waals surface area contributed by atoms with Crippen LogP contribution < -0.4 is 15.4 Å². The minimum absolute atomic E-state index is 0.0956. The zero-order chi connectivity index (χ0) is 20.5. The maximum atomic E-state index is 15.2. The number of benzene rings is 1. The van der Waals surface area contributed by atoms with Gasteiger partial charge in [0, 0.05) is 23.5 Å². The number of carbonyl (C=O) groups excluding carboxylic acids is 1. The number of aryl methyl sites for hydroxylation is 1. The molecule has 0 fully saturated rings. The van der Waals surface area contributed by atoms with Gasteiger partial charge in [0.1, 0.15) is 28.2 Å². The Hall–Kier alpha value is -2.87. The van der Waals surface area contributed by atoms with Crippen molar-refractivity contribution < 1.29 is 17.8 Å². The van der Waals surface area contributed by atoms with Gasteiger partial charge in [-0.3, -0.25) is 9.79 Å². The summed E-state index contributed by atoms with van der Waals surface area (Å²) in [5.74, 6) is -3.17. The number of aromatic amines is 1. The highest BCUT2D eigenvalue weighted by Gasteiger charge is 2.38. The molecule has 1 aliphatic heterocycles. The summed E-state index contributed by atoms with van der Waals surface area (Å²) in [7, 11) is -1.74. The van der Waals surface area contributed by atoms with E-state index in [0.29, 0.717) is 28.6 Å². The second-order valence-corrected chi connectivity index (χ2v) is 8.15. The van der Waals surface area contributed by atoms with Gasteiger partial charge in [-0.05, 0) is 37.6 Å². The Morgan fingerprint density at radius 3 is 2.79 bits per heavy atom. The van der Waals surface area contributed by atoms with Crippen molar-refractivity contribution in [2.45, 2.75) is 24.4 Å². The fourth-order valence-corrected chi connectivity index (χ4v) is 4.27. The zero-order valence-electron chi connectivity index (χ0n) is 15.6. The topological polar surface area (TPSA) is 74.3 Å². The van der Waals surface area contributed by atoms with E-state index in [1.54, 1.807) is 24.3 Å². The molecule has 2 heterocycles. The lowest BCUT2D eigenvalue weighted by atomic mass is 9.88. The lowest BCUT2D eigenvalue weighted by Gasteiger charge is -2.24. The number of nitrogens with one attached hydrogen (secondary N) is 2. The number of ketones is 1. The number of halogens is 2. The summed E-state index contributed by atoms with van der Waals surface area (Å²) >= 11 is 0. The molecule has 0 spiro atoms. The van der Waals surface area contributed by atoms with Gasteiger partial charge in [-0.1, -0.05) is 23.8 Å². The molecule has 3 atom stereocenters. The molecule has 1 aliphatic carbocycles. The first-order chi connectivity index (χ1) is 14.0. The monoisotopic (exact) mass is 415 g/mol. The number of hydrogen-bond acceptors (Lipinski definition) is 3. The van der Waals surface area contributed by atoms with Crippen molar-refractivity contribution in [2.24, 2.45) is 10.9 Å². The minimum Gasteiger partial charge on any atom is -0.346 e. The Labute approximate surface area is 168 Å². The summed E-state index contributed by atoms with van der Waals surface area (Å²) in [5, 5.41) is 0.577. The summed E-state index contributed by atoms with van der Waals surface area (Å²) in [6, 6.07) is 6.91. The van der Waals surface area contributed by atoms with Gasteiger partial charge in [0.05, 0.1) is 10.6 Å². The van der Waals surface area contributed by atoms with Crippen LogP contribution in [-0.4, -0.2) is 27.7 Å². The van der Waals surface area contributed by atoms with Gasteiger partial charge in [-0.2, -0.15) is 0 Å². The third kappa shape index (κ3) is 3.72. The molecule has 2 aromatic rings. The van der Waals surface area contributed by atoms with E-state index in [-0.39, 0.29) is 11.3 Å². The first kappa shape index (κ1) is 19.4. The van der Waals surface area contributed by atoms with E-state index in [9.17, 15) is 13.4 Å². The lowest BCUT2D eigenvalue weighted by molar-refractivity contribution is 0.0868. The molecule has 0 radical (unpaired) electrons. The summed E-state index contributed by atoms with van der Waals surface area (Å²) in [5.41, 5.74) is 1.66. The summed E-state index contributed by atoms with van der Waals surface area (Å²) in [6.07, 6.45) is 4.19. The number of rotatable bonds is 5. The number of fused-ring (bicyclic) bond motifs is 1. The van der Waals surface area contributed by atoms with E-state index in [2.05, 4.69) is 14.7 Å². The SMILES string of the molecule is Cc1ccc(S(=O)NC2=CC=C(F)C(C(=O)c3c[nH]c4c3=CCCN=4)C2F)cc1. The van der Waals surface area contributed by atoms with Crippen LogP contribution in [0.3, 0.4) is 0 Å². The van der Waals surface area contributed by atoms with Crippen molar-refractivity contribution >= 4 is 22.8 Å². The molecule has 1 aromatic heterocycles. The van der Waals surface area contributed by atoms with Crippen LogP contribution in [0.1, 0.15) is 22.3 Å². The largest absolute Gasteiger partial charge is 0.346 e. The molecule has 0 saturated carbocycles. The minimum atomic E-state index is -1.98. The quantitative estimate of drug-likeness (QED) is 0.736. The fraction of sp³-hybridized carbons (Fsp3) is 0.238. The van der Waals surface area contributed by atoms with Crippen molar-refractivity contribution in [2.75, 3.05) is 6.54 Å². The van der Waals surface area contributed by atoms with Crippen molar-refractivity contribution in [3.63, 3.8) is 0 Å². The van der Waals surface area contributed by atoms with Crippen molar-refractivity contribution in [1.82, 2.24) is 9.71 Å². The smallest absolute Gasteiger partial charge is 0.178 e. The van der Waals surface area contributed by atoms with E-state index in [0.717, 1.165) is 11.6 Å². The van der Waals surface area contributed by atoms with Crippen LogP contribution in [0.4, 0.5) is 8.78 Å². The summed E-state index contributed by atoms with van der Waals surface area (Å²) < 4.78 is 44.7. The Morgan fingerprint density at radius 2 is 2.03 bits per heavy atom. The molecule has 4 rings (SSSR count). The Morgan fingerprint density at radius 1 is 1.28 bits per heavy atom. The van der Waals surface area contributed by atoms with E-state index < -0.39 is 34.7 Å². The number of alkyl halides is 1. The molecule has 8 heteroatoms. The predicted octanol–water partition coefficient (Wildman–Crippen LogP) is 2.33. The van der Waals surface area contributed by atoms with Gasteiger partial charge < -0.3 is 9.71 Å². The summed E-state index contributed by atoms with van der Waals surface area (Å²) in [6.45, 7) is 2.50. The van der Waals surface area contributed by atoms with Gasteiger partial charge in [-0.15, -0.1) is 0 Å². The molecule has 29 heavy (non-hydrogen) atoms. The molecule has 1 aromatic carbocycles. The van der Waals surface area contributed by atoms with Crippen molar-refractivity contribution in [3.05, 3.63) is 76.0 Å². The highest BCUT2D eigenvalue weighted by Crippen LogP contribution is 2.31. The van der Waals surface area contributed by atoms with E-state index in [4.69, 9.17) is 0 Å². The molecular weight excluding hydrogens is 396 g/mol. The Kier molecular flexibility index (Phi) is 5.27. The number of Topliss-reactive ketones (excluding diaryl/α,β-unsaturated/α-hetero) is 1. The molecule has 5 nitrogen and oxygen atoms in total.